The van der Waals surface area contributed by atoms with Crippen molar-refractivity contribution in [3.8, 4) is 0 Å². The number of aromatic amines is 1. The van der Waals surface area contributed by atoms with Crippen LogP contribution in [0.3, 0.4) is 0 Å². The number of imidazole rings is 1. The predicted molar refractivity (Wildman–Crippen MR) is 152 cm³/mol. The van der Waals surface area contributed by atoms with Crippen LogP contribution in [0.2, 0.25) is 0 Å². The number of H-pyrrole nitrogens is 1. The normalized spacial score (nSPS) is 36.6. The van der Waals surface area contributed by atoms with Gasteiger partial charge in [-0.1, -0.05) is 5.21 Å². The van der Waals surface area contributed by atoms with Crippen molar-refractivity contribution in [2.75, 3.05) is 24.7 Å². The van der Waals surface area contributed by atoms with Crippen LogP contribution in [0.15, 0.2) is 17.4 Å². The molecule has 4 aromatic heterocycles. The van der Waals surface area contributed by atoms with Gasteiger partial charge in [0.15, 0.2) is 46.8 Å². The number of hydrogen-bond acceptors (Lipinski definition) is 17. The number of rotatable bonds is 2. The molecule has 0 saturated carbocycles. The Hall–Kier alpha value is -2.66. The van der Waals surface area contributed by atoms with E-state index in [0.29, 0.717) is 0 Å². The third-order valence-electron chi connectivity index (χ3n) is 7.02. The molecule has 236 valence electrons. The van der Waals surface area contributed by atoms with E-state index in [1.54, 1.807) is 0 Å². The van der Waals surface area contributed by atoms with Crippen LogP contribution in [0, 0.1) is 0 Å². The van der Waals surface area contributed by atoms with Gasteiger partial charge < -0.3 is 44.3 Å². The number of alkyl halides is 1. The van der Waals surface area contributed by atoms with Crippen LogP contribution in [0.1, 0.15) is 18.9 Å². The third kappa shape index (κ3) is 5.42. The Morgan fingerprint density at radius 3 is 2.59 bits per heavy atom. The fourth-order valence-corrected chi connectivity index (χ4v) is 8.03. The standard InChI is InChI=1S/C19H22FN11O9P2S2/c20-9-12-8(38-18(9)31-14-10(28-29-31)13(21)23-4-24-14)3-36-41(33,43)39-7-1-6(2-35-42(34,44)40-12)37-17(7)30-5-25-11-15(30)26-19(22)27-16(11)32/h4-9,12,17-18H,1-3H2,(H,33,43)(H,34,44)(H2,21,23,24)(H3,22,26,27,32)/t6-,7-,8+,9-,12+,17+,18+,41?,42?/m0/s1. The van der Waals surface area contributed by atoms with Gasteiger partial charge in [-0.05, 0) is 23.6 Å². The van der Waals surface area contributed by atoms with Crippen LogP contribution in [0.5, 0.6) is 0 Å². The van der Waals surface area contributed by atoms with Crippen LogP contribution in [-0.4, -0.2) is 98.1 Å². The van der Waals surface area contributed by atoms with Gasteiger partial charge in [0.1, 0.15) is 24.6 Å². The highest BCUT2D eigenvalue weighted by Gasteiger charge is 2.52. The summed E-state index contributed by atoms with van der Waals surface area (Å²) in [6.45, 7) is -9.12. The Balaban J connectivity index is 1.19. The summed E-state index contributed by atoms with van der Waals surface area (Å²) < 4.78 is 52.8. The lowest BCUT2D eigenvalue weighted by atomic mass is 10.1. The van der Waals surface area contributed by atoms with E-state index in [4.69, 9.17) is 62.6 Å². The molecular formula is C19H22FN11O9P2S2. The van der Waals surface area contributed by atoms with Crippen LogP contribution in [-0.2, 0) is 51.2 Å². The van der Waals surface area contributed by atoms with E-state index in [2.05, 4.69) is 35.2 Å². The van der Waals surface area contributed by atoms with Crippen molar-refractivity contribution in [1.29, 1.82) is 0 Å². The highest BCUT2D eigenvalue weighted by molar-refractivity contribution is 8.07. The van der Waals surface area contributed by atoms with Crippen LogP contribution < -0.4 is 17.0 Å². The molecule has 3 aliphatic rings. The molecular weight excluding hydrogens is 671 g/mol. The van der Waals surface area contributed by atoms with Crippen molar-refractivity contribution >= 4 is 71.1 Å². The zero-order chi connectivity index (χ0) is 31.0. The van der Waals surface area contributed by atoms with Crippen LogP contribution in [0.25, 0.3) is 22.3 Å². The Kier molecular flexibility index (Phi) is 7.50. The first-order valence-electron chi connectivity index (χ1n) is 12.7. The first-order chi connectivity index (χ1) is 20.9. The number of nitrogen functional groups attached to an aromatic ring is 2. The molecule has 2 bridgehead atoms. The predicted octanol–water partition coefficient (Wildman–Crippen LogP) is -0.707. The molecule has 0 aliphatic carbocycles. The number of aromatic nitrogens is 9. The largest absolute Gasteiger partial charge is 0.382 e. The molecule has 0 radical (unpaired) electrons. The average Bonchev–Trinajstić information content (AvgIpc) is 3.72. The zero-order valence-electron chi connectivity index (χ0n) is 21.9. The number of hydrogen-bond donors (Lipinski definition) is 5. The maximum Gasteiger partial charge on any atom is 0.325 e. The van der Waals surface area contributed by atoms with E-state index in [0.717, 1.165) is 11.0 Å². The summed E-state index contributed by atoms with van der Waals surface area (Å²) in [4.78, 5) is 52.7. The van der Waals surface area contributed by atoms with Crippen molar-refractivity contribution in [2.45, 2.75) is 49.5 Å². The van der Waals surface area contributed by atoms with Gasteiger partial charge in [-0.25, -0.2) is 19.3 Å². The minimum Gasteiger partial charge on any atom is -0.382 e. The van der Waals surface area contributed by atoms with Gasteiger partial charge >= 0.3 is 13.4 Å². The second-order valence-corrected chi connectivity index (χ2v) is 15.5. The highest BCUT2D eigenvalue weighted by Crippen LogP contribution is 2.54. The molecule has 0 spiro atoms. The molecule has 3 saturated heterocycles. The van der Waals surface area contributed by atoms with Crippen LogP contribution in [0.4, 0.5) is 16.2 Å². The third-order valence-corrected chi connectivity index (χ3v) is 10.2. The Labute approximate surface area is 254 Å². The first kappa shape index (κ1) is 30.0. The minimum atomic E-state index is -4.14. The molecule has 0 amide bonds. The lowest BCUT2D eigenvalue weighted by Crippen LogP contribution is -2.34. The summed E-state index contributed by atoms with van der Waals surface area (Å²) in [7, 11) is 0. The van der Waals surface area contributed by atoms with Gasteiger partial charge in [-0.15, -0.1) is 5.10 Å². The number of ether oxygens (including phenoxy) is 2. The molecule has 25 heteroatoms. The van der Waals surface area contributed by atoms with E-state index in [9.17, 15) is 14.6 Å². The number of nitrogens with zero attached hydrogens (tertiary/aromatic N) is 8. The highest BCUT2D eigenvalue weighted by atomic mass is 32.5. The summed E-state index contributed by atoms with van der Waals surface area (Å²) in [5.41, 5.74) is 11.2. The van der Waals surface area contributed by atoms with E-state index < -0.39 is 68.6 Å². The van der Waals surface area contributed by atoms with E-state index in [-0.39, 0.29) is 47.1 Å². The summed E-state index contributed by atoms with van der Waals surface area (Å²) in [5.74, 6) is -0.153. The smallest absolute Gasteiger partial charge is 0.325 e. The zero-order valence-corrected chi connectivity index (χ0v) is 25.3. The molecule has 7 heterocycles. The molecule has 4 aromatic rings. The number of fused-ring (bicyclic) bond motifs is 5. The fourth-order valence-electron chi connectivity index (χ4n) is 5.13. The van der Waals surface area contributed by atoms with Gasteiger partial charge in [0.05, 0.1) is 25.6 Å². The Morgan fingerprint density at radius 2 is 1.77 bits per heavy atom. The molecule has 20 nitrogen and oxygen atoms in total. The van der Waals surface area contributed by atoms with Gasteiger partial charge in [-0.3, -0.25) is 18.9 Å². The van der Waals surface area contributed by atoms with Crippen molar-refractivity contribution in [2.24, 2.45) is 0 Å². The Morgan fingerprint density at radius 1 is 1.00 bits per heavy atom. The fraction of sp³-hybridized carbons (Fsp3) is 0.526. The van der Waals surface area contributed by atoms with Gasteiger partial charge in [0.25, 0.3) is 5.56 Å². The average molecular weight is 694 g/mol. The van der Waals surface area contributed by atoms with Gasteiger partial charge in [0, 0.05) is 6.42 Å². The molecule has 44 heavy (non-hydrogen) atoms. The van der Waals surface area contributed by atoms with Crippen LogP contribution >= 0.6 is 13.4 Å². The summed E-state index contributed by atoms with van der Waals surface area (Å²) in [6, 6.07) is 0. The van der Waals surface area contributed by atoms with Crippen molar-refractivity contribution < 1.29 is 41.7 Å². The maximum atomic E-state index is 16.0. The molecule has 3 fully saturated rings. The SMILES string of the molecule is Nc1nc2c(ncn2[C@@H]2O[C@@H]3COP(O)(=S)O[C@H]4[C@H](F)[C@H](n5nnc6c(N)ncnc65)O[C@@H]4COP(O)(=S)O[C@H]2C3)c(=O)[nH]1. The molecule has 9 atom stereocenters. The monoisotopic (exact) mass is 693 g/mol. The lowest BCUT2D eigenvalue weighted by Gasteiger charge is -2.27. The number of nitrogens with one attached hydrogen (secondary N) is 1. The second kappa shape index (κ2) is 11.0. The number of nitrogens with two attached hydrogens (primary N) is 2. The number of anilines is 2. The summed E-state index contributed by atoms with van der Waals surface area (Å²) in [6.07, 6.45) is -6.74. The second-order valence-electron chi connectivity index (χ2n) is 9.88. The Bertz CT molecular complexity index is 1910. The maximum absolute atomic E-state index is 16.0. The summed E-state index contributed by atoms with van der Waals surface area (Å²) >= 11 is 10.5. The lowest BCUT2D eigenvalue weighted by molar-refractivity contribution is -0.0616. The van der Waals surface area contributed by atoms with Crippen molar-refractivity contribution in [3.63, 3.8) is 0 Å². The molecule has 7 N–H and O–H groups in total. The quantitative estimate of drug-likeness (QED) is 0.162. The molecule has 7 rings (SSSR count). The van der Waals surface area contributed by atoms with Crippen molar-refractivity contribution in [3.05, 3.63) is 23.0 Å². The van der Waals surface area contributed by atoms with Crippen molar-refractivity contribution in [1.82, 2.24) is 44.5 Å². The van der Waals surface area contributed by atoms with E-state index in [1.807, 2.05) is 0 Å². The molecule has 0 aromatic carbocycles. The number of halogens is 1. The van der Waals surface area contributed by atoms with E-state index >= 15 is 4.39 Å². The first-order valence-corrected chi connectivity index (χ1v) is 17.9. The van der Waals surface area contributed by atoms with Gasteiger partial charge in [-0.2, -0.15) is 9.67 Å². The minimum absolute atomic E-state index is 0.0130. The summed E-state index contributed by atoms with van der Waals surface area (Å²) in [5, 5.41) is 7.78. The topological polar surface area (TPSA) is 268 Å². The molecule has 3 aliphatic heterocycles. The van der Waals surface area contributed by atoms with E-state index in [1.165, 1.54) is 10.9 Å². The van der Waals surface area contributed by atoms with Gasteiger partial charge in [0.2, 0.25) is 5.95 Å². The molecule has 2 unspecified atom stereocenters.